The van der Waals surface area contributed by atoms with Crippen LogP contribution in [0.2, 0.25) is 5.15 Å². The highest BCUT2D eigenvalue weighted by molar-refractivity contribution is 7.84. The van der Waals surface area contributed by atoms with E-state index in [1.54, 1.807) is 48.5 Å². The topological polar surface area (TPSA) is 88.6 Å². The predicted molar refractivity (Wildman–Crippen MR) is 112 cm³/mol. The van der Waals surface area contributed by atoms with Crippen molar-refractivity contribution in [3.05, 3.63) is 22.5 Å². The number of nitrogens with zero attached hydrogens (tertiary/aromatic N) is 2. The van der Waals surface area contributed by atoms with Crippen LogP contribution in [0.1, 0.15) is 64.5 Å². The second kappa shape index (κ2) is 8.00. The quantitative estimate of drug-likeness (QED) is 0.505. The molecule has 0 radical (unpaired) electrons. The van der Waals surface area contributed by atoms with Crippen molar-refractivity contribution in [2.75, 3.05) is 11.4 Å². The van der Waals surface area contributed by atoms with Crippen LogP contribution in [0.5, 0.6) is 0 Å². The summed E-state index contributed by atoms with van der Waals surface area (Å²) in [5.74, 6) is -2.17. The van der Waals surface area contributed by atoms with Crippen LogP contribution in [0.25, 0.3) is 0 Å². The first kappa shape index (κ1) is 25.5. The number of ketones is 1. The molecule has 7 nitrogen and oxygen atoms in total. The number of aromatic nitrogens is 1. The minimum Gasteiger partial charge on any atom is -0.443 e. The lowest BCUT2D eigenvalue weighted by Crippen LogP contribution is -2.50. The Balaban J connectivity index is 2.65. The van der Waals surface area contributed by atoms with Crippen LogP contribution in [0.4, 0.5) is 23.7 Å². The summed E-state index contributed by atoms with van der Waals surface area (Å²) in [6.07, 6.45) is -5.97. The van der Waals surface area contributed by atoms with Gasteiger partial charge in [-0.3, -0.25) is 9.69 Å². The summed E-state index contributed by atoms with van der Waals surface area (Å²) in [5.41, 5.74) is -2.99. The maximum Gasteiger partial charge on any atom is 0.456 e. The van der Waals surface area contributed by atoms with Gasteiger partial charge in [-0.25, -0.2) is 18.7 Å². The van der Waals surface area contributed by atoms with E-state index in [1.807, 2.05) is 0 Å². The number of amides is 1. The van der Waals surface area contributed by atoms with Crippen LogP contribution < -0.4 is 9.62 Å². The van der Waals surface area contributed by atoms with Crippen LogP contribution >= 0.6 is 11.6 Å². The van der Waals surface area contributed by atoms with E-state index in [0.29, 0.717) is 0 Å². The van der Waals surface area contributed by atoms with Crippen molar-refractivity contribution in [3.63, 3.8) is 0 Å². The lowest BCUT2D eigenvalue weighted by Gasteiger charge is -2.31. The minimum atomic E-state index is -5.16. The second-order valence-corrected chi connectivity index (χ2v) is 11.7. The van der Waals surface area contributed by atoms with Crippen molar-refractivity contribution in [1.82, 2.24) is 9.71 Å². The lowest BCUT2D eigenvalue weighted by molar-refractivity contribution is -0.0888. The molecule has 174 valence electrons. The number of alkyl halides is 3. The van der Waals surface area contributed by atoms with Gasteiger partial charge in [0.15, 0.2) is 5.15 Å². The maximum atomic E-state index is 13.0. The van der Waals surface area contributed by atoms with Crippen molar-refractivity contribution < 1.29 is 31.7 Å². The largest absolute Gasteiger partial charge is 0.456 e. The van der Waals surface area contributed by atoms with Gasteiger partial charge in [-0.15, -0.1) is 0 Å². The summed E-state index contributed by atoms with van der Waals surface area (Å²) < 4.78 is 59.3. The SMILES string of the molecule is CC(C)(C)OC(=O)N1C[C@](C)(NS(=O)C(C)(C)C)c2cc(C(=O)C(F)(F)F)nc(Cl)c21. The highest BCUT2D eigenvalue weighted by atomic mass is 35.5. The zero-order valence-corrected chi connectivity index (χ0v) is 19.8. The van der Waals surface area contributed by atoms with E-state index in [0.717, 1.165) is 11.0 Å². The molecule has 31 heavy (non-hydrogen) atoms. The molecule has 2 atom stereocenters. The summed E-state index contributed by atoms with van der Waals surface area (Å²) in [5, 5.41) is -0.469. The number of pyridine rings is 1. The standard InChI is InChI=1S/C19H25ClF3N3O4S/c1-16(2,3)30-15(28)26-9-18(7,25-31(29)17(4,5)6)10-8-11(13(27)19(21,22)23)24-14(20)12(10)26/h8,25H,9H2,1-7H3/t18-,31?/m0/s1. The predicted octanol–water partition coefficient (Wildman–Crippen LogP) is 4.50. The van der Waals surface area contributed by atoms with Crippen molar-refractivity contribution in [2.45, 2.75) is 70.5 Å². The van der Waals surface area contributed by atoms with Crippen LogP contribution in [0, 0.1) is 0 Å². The molecule has 1 unspecified atom stereocenters. The average Bonchev–Trinajstić information content (AvgIpc) is 2.84. The maximum absolute atomic E-state index is 13.0. The Morgan fingerprint density at radius 3 is 2.23 bits per heavy atom. The van der Waals surface area contributed by atoms with Crippen LogP contribution in [-0.4, -0.2) is 44.1 Å². The number of fused-ring (bicyclic) bond motifs is 1. The van der Waals surface area contributed by atoms with E-state index < -0.39 is 55.8 Å². The van der Waals surface area contributed by atoms with Gasteiger partial charge in [-0.1, -0.05) is 11.6 Å². The number of Topliss-reactive ketones (excluding diaryl/α,β-unsaturated/α-hetero) is 1. The number of rotatable bonds is 3. The van der Waals surface area contributed by atoms with Crippen molar-refractivity contribution in [2.24, 2.45) is 0 Å². The first-order valence-electron chi connectivity index (χ1n) is 9.29. The van der Waals surface area contributed by atoms with E-state index in [2.05, 4.69) is 9.71 Å². The molecule has 0 fully saturated rings. The fraction of sp³-hybridized carbons (Fsp3) is 0.632. The monoisotopic (exact) mass is 483 g/mol. The van der Waals surface area contributed by atoms with Crippen LogP contribution in [-0.2, 0) is 21.3 Å². The summed E-state index contributed by atoms with van der Waals surface area (Å²) in [4.78, 5) is 29.3. The van der Waals surface area contributed by atoms with E-state index in [4.69, 9.17) is 16.3 Å². The number of ether oxygens (including phenoxy) is 1. The number of carbonyl (C=O) groups is 2. The van der Waals surface area contributed by atoms with Gasteiger partial charge in [-0.05, 0) is 54.5 Å². The molecular weight excluding hydrogens is 459 g/mol. The molecule has 2 rings (SSSR count). The van der Waals surface area contributed by atoms with Gasteiger partial charge in [-0.2, -0.15) is 13.2 Å². The molecular formula is C19H25ClF3N3O4S. The van der Waals surface area contributed by atoms with Gasteiger partial charge in [0.1, 0.15) is 11.3 Å². The number of hydrogen-bond donors (Lipinski definition) is 1. The molecule has 1 aliphatic rings. The molecule has 1 aromatic rings. The first-order valence-corrected chi connectivity index (χ1v) is 10.8. The molecule has 0 bridgehead atoms. The van der Waals surface area contributed by atoms with Crippen LogP contribution in [0.3, 0.4) is 0 Å². The van der Waals surface area contributed by atoms with Gasteiger partial charge in [0.2, 0.25) is 0 Å². The number of nitrogens with one attached hydrogen (secondary N) is 1. The third kappa shape index (κ3) is 5.56. The van der Waals surface area contributed by atoms with Crippen molar-refractivity contribution >= 4 is 40.2 Å². The summed E-state index contributed by atoms with van der Waals surface area (Å²) >= 11 is 6.15. The van der Waals surface area contributed by atoms with Gasteiger partial charge in [0.05, 0.1) is 33.5 Å². The molecule has 1 amide bonds. The molecule has 0 aliphatic carbocycles. The first-order chi connectivity index (χ1) is 13.8. The highest BCUT2D eigenvalue weighted by Gasteiger charge is 2.48. The molecule has 12 heteroatoms. The van der Waals surface area contributed by atoms with Gasteiger partial charge in [0.25, 0.3) is 5.78 Å². The van der Waals surface area contributed by atoms with Crippen molar-refractivity contribution in [1.29, 1.82) is 0 Å². The van der Waals surface area contributed by atoms with E-state index in [-0.39, 0.29) is 17.8 Å². The molecule has 1 N–H and O–H groups in total. The van der Waals surface area contributed by atoms with Gasteiger partial charge < -0.3 is 4.74 Å². The Hall–Kier alpha value is -1.72. The van der Waals surface area contributed by atoms with Gasteiger partial charge in [0, 0.05) is 5.56 Å². The summed E-state index contributed by atoms with van der Waals surface area (Å²) in [6, 6.07) is 0.925. The number of anilines is 1. The molecule has 0 aromatic carbocycles. The van der Waals surface area contributed by atoms with Crippen LogP contribution in [0.15, 0.2) is 6.07 Å². The summed E-state index contributed by atoms with van der Waals surface area (Å²) in [6.45, 7) is 11.5. The third-order valence-corrected chi connectivity index (χ3v) is 6.28. The molecule has 1 aliphatic heterocycles. The second-order valence-electron chi connectivity index (χ2n) is 9.40. The van der Waals surface area contributed by atoms with E-state index in [9.17, 15) is 27.0 Å². The fourth-order valence-electron chi connectivity index (χ4n) is 2.84. The zero-order chi connectivity index (χ0) is 24.2. The third-order valence-electron chi connectivity index (χ3n) is 4.27. The Labute approximate surface area is 186 Å². The Kier molecular flexibility index (Phi) is 6.59. The highest BCUT2D eigenvalue weighted by Crippen LogP contribution is 2.44. The van der Waals surface area contributed by atoms with Crippen molar-refractivity contribution in [3.8, 4) is 0 Å². The smallest absolute Gasteiger partial charge is 0.443 e. The molecule has 1 aromatic heterocycles. The van der Waals surface area contributed by atoms with Gasteiger partial charge >= 0.3 is 12.3 Å². The minimum absolute atomic E-state index is 0.00412. The average molecular weight is 484 g/mol. The number of halogens is 4. The Morgan fingerprint density at radius 2 is 1.77 bits per heavy atom. The van der Waals surface area contributed by atoms with E-state index >= 15 is 0 Å². The molecule has 0 saturated heterocycles. The Morgan fingerprint density at radius 1 is 1.23 bits per heavy atom. The fourth-order valence-corrected chi connectivity index (χ4v) is 4.03. The molecule has 0 saturated carbocycles. The number of hydrogen-bond acceptors (Lipinski definition) is 5. The molecule has 0 spiro atoms. The normalized spacial score (nSPS) is 20.4. The molecule has 2 heterocycles. The lowest BCUT2D eigenvalue weighted by atomic mass is 9.95. The Bertz CT molecular complexity index is 941. The number of carbonyl (C=O) groups excluding carboxylic acids is 2. The summed E-state index contributed by atoms with van der Waals surface area (Å²) in [7, 11) is -1.66. The van der Waals surface area contributed by atoms with E-state index in [1.165, 1.54) is 0 Å². The zero-order valence-electron chi connectivity index (χ0n) is 18.2.